The van der Waals surface area contributed by atoms with Crippen LogP contribution in [0.4, 0.5) is 4.39 Å². The number of halogens is 1. The number of benzene rings is 1. The molecule has 0 bridgehead atoms. The molecule has 1 aromatic carbocycles. The number of fused-ring (bicyclic) bond motifs is 1. The smallest absolute Gasteiger partial charge is 0.178 e. The summed E-state index contributed by atoms with van der Waals surface area (Å²) in [4.78, 5) is 3.15. The van der Waals surface area contributed by atoms with Crippen LogP contribution in [0.15, 0.2) is 18.2 Å². The molecule has 0 radical (unpaired) electrons. The van der Waals surface area contributed by atoms with Crippen LogP contribution in [0.2, 0.25) is 0 Å². The molecule has 1 heterocycles. The lowest BCUT2D eigenvalue weighted by molar-refractivity contribution is 0.198. The minimum Gasteiger partial charge on any atom is -0.330 e. The molecule has 3 rings (SSSR count). The number of aromatic amines is 1. The molecule has 2 nitrogen and oxygen atoms in total. The minimum absolute atomic E-state index is 0.219. The molecule has 1 fully saturated rings. The Morgan fingerprint density at radius 3 is 2.71 bits per heavy atom. The van der Waals surface area contributed by atoms with Gasteiger partial charge >= 0.3 is 0 Å². The van der Waals surface area contributed by atoms with Gasteiger partial charge in [-0.2, -0.15) is 0 Å². The molecule has 1 N–H and O–H groups in total. The average Bonchev–Trinajstić information content (AvgIpc) is 2.95. The maximum absolute atomic E-state index is 13.4. The van der Waals surface area contributed by atoms with Crippen LogP contribution in [-0.4, -0.2) is 9.55 Å². The van der Waals surface area contributed by atoms with Gasteiger partial charge in [-0.3, -0.25) is 0 Å². The van der Waals surface area contributed by atoms with Crippen molar-refractivity contribution in [3.8, 4) is 0 Å². The fourth-order valence-electron chi connectivity index (χ4n) is 4.05. The molecule has 0 aliphatic heterocycles. The standard InChI is InChI=1S/C17H23FN2S/c1-12(2)10-17(7-3-4-8-17)11-20-15-6-5-13(18)9-14(15)19-16(20)21/h5-6,9,12H,3-4,7-8,10-11H2,1-2H3,(H,19,21). The van der Waals surface area contributed by atoms with Gasteiger partial charge in [-0.25, -0.2) is 4.39 Å². The SMILES string of the molecule is CC(C)CC1(Cn2c(=S)[nH]c3cc(F)ccc32)CCCC1. The van der Waals surface area contributed by atoms with Crippen molar-refractivity contribution >= 4 is 23.3 Å². The summed E-state index contributed by atoms with van der Waals surface area (Å²) in [6, 6.07) is 4.89. The van der Waals surface area contributed by atoms with Crippen molar-refractivity contribution in [2.75, 3.05) is 0 Å². The van der Waals surface area contributed by atoms with Gasteiger partial charge < -0.3 is 9.55 Å². The Morgan fingerprint density at radius 1 is 1.33 bits per heavy atom. The van der Waals surface area contributed by atoms with Gasteiger partial charge in [0.25, 0.3) is 0 Å². The number of nitrogens with zero attached hydrogens (tertiary/aromatic N) is 1. The van der Waals surface area contributed by atoms with Crippen LogP contribution in [0.5, 0.6) is 0 Å². The number of hydrogen-bond donors (Lipinski definition) is 1. The third kappa shape index (κ3) is 2.91. The molecule has 0 spiro atoms. The molecule has 2 aromatic rings. The Morgan fingerprint density at radius 2 is 2.05 bits per heavy atom. The number of nitrogens with one attached hydrogen (secondary N) is 1. The summed E-state index contributed by atoms with van der Waals surface area (Å²) in [7, 11) is 0. The highest BCUT2D eigenvalue weighted by atomic mass is 32.1. The largest absolute Gasteiger partial charge is 0.330 e. The van der Waals surface area contributed by atoms with Gasteiger partial charge in [0.15, 0.2) is 4.77 Å². The van der Waals surface area contributed by atoms with E-state index in [1.54, 1.807) is 0 Å². The van der Waals surface area contributed by atoms with Gasteiger partial charge in [-0.1, -0.05) is 26.7 Å². The Kier molecular flexibility index (Phi) is 3.91. The molecule has 0 atom stereocenters. The first-order valence-corrected chi connectivity index (χ1v) is 8.28. The Bertz CT molecular complexity index is 692. The van der Waals surface area contributed by atoms with Crippen LogP contribution >= 0.6 is 12.2 Å². The van der Waals surface area contributed by atoms with Crippen molar-refractivity contribution in [1.82, 2.24) is 9.55 Å². The maximum Gasteiger partial charge on any atom is 0.178 e. The molecule has 1 aliphatic carbocycles. The number of imidazole rings is 1. The third-order valence-electron chi connectivity index (χ3n) is 4.74. The van der Waals surface area contributed by atoms with Crippen LogP contribution in [-0.2, 0) is 6.54 Å². The van der Waals surface area contributed by atoms with Gasteiger partial charge in [-0.15, -0.1) is 0 Å². The highest BCUT2D eigenvalue weighted by molar-refractivity contribution is 7.71. The topological polar surface area (TPSA) is 20.7 Å². The second-order valence-electron chi connectivity index (χ2n) is 6.98. The van der Waals surface area contributed by atoms with E-state index in [9.17, 15) is 4.39 Å². The van der Waals surface area contributed by atoms with E-state index in [0.29, 0.717) is 16.1 Å². The van der Waals surface area contributed by atoms with Gasteiger partial charge in [0.05, 0.1) is 11.0 Å². The quantitative estimate of drug-likeness (QED) is 0.745. The molecule has 1 saturated carbocycles. The van der Waals surface area contributed by atoms with E-state index in [0.717, 1.165) is 17.6 Å². The van der Waals surface area contributed by atoms with Crippen LogP contribution in [0.25, 0.3) is 11.0 Å². The van der Waals surface area contributed by atoms with Crippen molar-refractivity contribution in [2.45, 2.75) is 52.5 Å². The van der Waals surface area contributed by atoms with Crippen LogP contribution in [0.3, 0.4) is 0 Å². The van der Waals surface area contributed by atoms with Crippen molar-refractivity contribution in [3.63, 3.8) is 0 Å². The lowest BCUT2D eigenvalue weighted by Gasteiger charge is -2.31. The zero-order valence-corrected chi connectivity index (χ0v) is 13.6. The summed E-state index contributed by atoms with van der Waals surface area (Å²) >= 11 is 5.48. The second kappa shape index (κ2) is 5.56. The van der Waals surface area contributed by atoms with Crippen molar-refractivity contribution < 1.29 is 4.39 Å². The summed E-state index contributed by atoms with van der Waals surface area (Å²) in [6.07, 6.45) is 6.43. The summed E-state index contributed by atoms with van der Waals surface area (Å²) in [5, 5.41) is 0. The third-order valence-corrected chi connectivity index (χ3v) is 5.06. The fourth-order valence-corrected chi connectivity index (χ4v) is 4.32. The van der Waals surface area contributed by atoms with Crippen LogP contribution < -0.4 is 0 Å². The van der Waals surface area contributed by atoms with E-state index in [-0.39, 0.29) is 5.82 Å². The molecule has 4 heteroatoms. The van der Waals surface area contributed by atoms with Gasteiger partial charge in [-0.05, 0) is 61.0 Å². The van der Waals surface area contributed by atoms with E-state index < -0.39 is 0 Å². The summed E-state index contributed by atoms with van der Waals surface area (Å²) in [6.45, 7) is 5.55. The summed E-state index contributed by atoms with van der Waals surface area (Å²) in [5.74, 6) is 0.476. The lowest BCUT2D eigenvalue weighted by atomic mass is 9.78. The second-order valence-corrected chi connectivity index (χ2v) is 7.37. The van der Waals surface area contributed by atoms with Crippen molar-refractivity contribution in [2.24, 2.45) is 11.3 Å². The average molecular weight is 306 g/mol. The summed E-state index contributed by atoms with van der Waals surface area (Å²) < 4.78 is 16.3. The molecular formula is C17H23FN2S. The number of hydrogen-bond acceptors (Lipinski definition) is 1. The molecule has 21 heavy (non-hydrogen) atoms. The Hall–Kier alpha value is -1.16. The zero-order valence-electron chi connectivity index (χ0n) is 12.8. The molecule has 1 aliphatic rings. The first-order chi connectivity index (χ1) is 9.99. The molecule has 0 amide bonds. The Balaban J connectivity index is 2.00. The monoisotopic (exact) mass is 306 g/mol. The predicted octanol–water partition coefficient (Wildman–Crippen LogP) is 5.44. The van der Waals surface area contributed by atoms with E-state index in [2.05, 4.69) is 23.4 Å². The molecular weight excluding hydrogens is 283 g/mol. The van der Waals surface area contributed by atoms with E-state index in [1.165, 1.54) is 44.2 Å². The molecule has 1 aromatic heterocycles. The first kappa shape index (κ1) is 14.8. The lowest BCUT2D eigenvalue weighted by Crippen LogP contribution is -2.25. The number of H-pyrrole nitrogens is 1. The number of rotatable bonds is 4. The van der Waals surface area contributed by atoms with E-state index in [4.69, 9.17) is 12.2 Å². The molecule has 0 unspecified atom stereocenters. The highest BCUT2D eigenvalue weighted by Crippen LogP contribution is 2.45. The normalized spacial score (nSPS) is 17.9. The van der Waals surface area contributed by atoms with Gasteiger partial charge in [0.1, 0.15) is 5.82 Å². The van der Waals surface area contributed by atoms with Gasteiger partial charge in [0.2, 0.25) is 0 Å². The van der Waals surface area contributed by atoms with E-state index >= 15 is 0 Å². The van der Waals surface area contributed by atoms with Crippen molar-refractivity contribution in [1.29, 1.82) is 0 Å². The molecule has 114 valence electrons. The molecule has 0 saturated heterocycles. The predicted molar refractivity (Wildman–Crippen MR) is 87.4 cm³/mol. The fraction of sp³-hybridized carbons (Fsp3) is 0.588. The highest BCUT2D eigenvalue weighted by Gasteiger charge is 2.35. The van der Waals surface area contributed by atoms with Crippen LogP contribution in [0.1, 0.15) is 46.0 Å². The summed E-state index contributed by atoms with van der Waals surface area (Å²) in [5.41, 5.74) is 2.18. The minimum atomic E-state index is -0.219. The van der Waals surface area contributed by atoms with E-state index in [1.807, 2.05) is 6.07 Å². The Labute approximate surface area is 130 Å². The number of aromatic nitrogens is 2. The first-order valence-electron chi connectivity index (χ1n) is 7.87. The van der Waals surface area contributed by atoms with Gasteiger partial charge in [0, 0.05) is 6.54 Å². The van der Waals surface area contributed by atoms with Crippen LogP contribution in [0, 0.1) is 21.9 Å². The van der Waals surface area contributed by atoms with Crippen molar-refractivity contribution in [3.05, 3.63) is 28.8 Å². The maximum atomic E-state index is 13.4. The zero-order chi connectivity index (χ0) is 15.0.